The molecule has 0 unspecified atom stereocenters. The average molecular weight is 515 g/mol. The molecule has 2 aromatic heterocycles. The Morgan fingerprint density at radius 2 is 1.72 bits per heavy atom. The maximum absolute atomic E-state index is 14.0. The first-order valence-electron chi connectivity index (χ1n) is 11.6. The lowest BCUT2D eigenvalue weighted by Crippen LogP contribution is -3.13. The van der Waals surface area contributed by atoms with E-state index in [9.17, 15) is 18.0 Å². The SMILES string of the molecule is Cc1ccc(-c2cc(C(F)(F)F)n3nc(C(=O)N4CC[NH+](Cc5ccccc5)CC4)c(Cl)c3n2)cc1. The number of hydrogen-bond acceptors (Lipinski definition) is 3. The van der Waals surface area contributed by atoms with E-state index >= 15 is 0 Å². The minimum Gasteiger partial charge on any atom is -0.328 e. The van der Waals surface area contributed by atoms with E-state index in [0.29, 0.717) is 23.2 Å². The quantitative estimate of drug-likeness (QED) is 0.449. The average Bonchev–Trinajstić information content (AvgIpc) is 3.20. The van der Waals surface area contributed by atoms with Crippen molar-refractivity contribution in [3.05, 3.63) is 88.2 Å². The number of carbonyl (C=O) groups is 1. The molecule has 0 bridgehead atoms. The first-order chi connectivity index (χ1) is 17.2. The zero-order chi connectivity index (χ0) is 25.4. The molecular weight excluding hydrogens is 491 g/mol. The third-order valence-corrected chi connectivity index (χ3v) is 6.78. The van der Waals surface area contributed by atoms with Crippen molar-refractivity contribution in [1.82, 2.24) is 19.5 Å². The molecule has 10 heteroatoms. The zero-order valence-electron chi connectivity index (χ0n) is 19.5. The van der Waals surface area contributed by atoms with Gasteiger partial charge in [-0.2, -0.15) is 18.3 Å². The monoisotopic (exact) mass is 514 g/mol. The molecule has 3 heterocycles. The Labute approximate surface area is 210 Å². The molecule has 1 N–H and O–H groups in total. The van der Waals surface area contributed by atoms with E-state index in [0.717, 1.165) is 31.3 Å². The van der Waals surface area contributed by atoms with Gasteiger partial charge in [-0.25, -0.2) is 9.50 Å². The fraction of sp³-hybridized carbons (Fsp3) is 0.269. The van der Waals surface area contributed by atoms with E-state index < -0.39 is 17.8 Å². The highest BCUT2D eigenvalue weighted by Gasteiger charge is 2.37. The Kier molecular flexibility index (Phi) is 6.44. The van der Waals surface area contributed by atoms with Gasteiger partial charge in [0.05, 0.1) is 31.9 Å². The Bertz CT molecular complexity index is 1400. The standard InChI is InChI=1S/C26H23ClF3N5O/c1-17-7-9-19(10-8-17)20-15-21(26(28,29)30)35-24(31-20)22(27)23(32-35)25(36)34-13-11-33(12-14-34)16-18-5-3-2-4-6-18/h2-10,15H,11-14,16H2,1H3/p+1. The summed E-state index contributed by atoms with van der Waals surface area (Å²) in [6.07, 6.45) is -4.72. The van der Waals surface area contributed by atoms with E-state index in [1.807, 2.05) is 25.1 Å². The summed E-state index contributed by atoms with van der Waals surface area (Å²) >= 11 is 6.45. The molecule has 0 saturated carbocycles. The molecule has 4 aromatic rings. The molecule has 1 aliphatic heterocycles. The third kappa shape index (κ3) is 4.81. The topological polar surface area (TPSA) is 54.9 Å². The van der Waals surface area contributed by atoms with Crippen molar-refractivity contribution < 1.29 is 22.9 Å². The number of fused-ring (bicyclic) bond motifs is 1. The maximum Gasteiger partial charge on any atom is 0.433 e. The lowest BCUT2D eigenvalue weighted by molar-refractivity contribution is -0.917. The van der Waals surface area contributed by atoms with Crippen molar-refractivity contribution in [2.45, 2.75) is 19.6 Å². The summed E-state index contributed by atoms with van der Waals surface area (Å²) in [5.74, 6) is -0.491. The Morgan fingerprint density at radius 1 is 1.06 bits per heavy atom. The molecule has 36 heavy (non-hydrogen) atoms. The second-order valence-corrected chi connectivity index (χ2v) is 9.37. The number of nitrogens with one attached hydrogen (secondary N) is 1. The summed E-state index contributed by atoms with van der Waals surface area (Å²) in [5.41, 5.74) is 1.34. The lowest BCUT2D eigenvalue weighted by atomic mass is 10.1. The number of aromatic nitrogens is 3. The largest absolute Gasteiger partial charge is 0.433 e. The van der Waals surface area contributed by atoms with E-state index in [4.69, 9.17) is 11.6 Å². The number of rotatable bonds is 4. The molecule has 1 fully saturated rings. The number of hydrogen-bond donors (Lipinski definition) is 1. The smallest absolute Gasteiger partial charge is 0.328 e. The Balaban J connectivity index is 1.43. The van der Waals surface area contributed by atoms with Crippen LogP contribution >= 0.6 is 11.6 Å². The van der Waals surface area contributed by atoms with Crippen molar-refractivity contribution in [3.63, 3.8) is 0 Å². The van der Waals surface area contributed by atoms with Gasteiger partial charge in [0.15, 0.2) is 17.0 Å². The molecule has 6 nitrogen and oxygen atoms in total. The number of carbonyl (C=O) groups excluding carboxylic acids is 1. The molecule has 0 spiro atoms. The predicted octanol–water partition coefficient (Wildman–Crippen LogP) is 3.92. The summed E-state index contributed by atoms with van der Waals surface area (Å²) < 4.78 is 42.5. The van der Waals surface area contributed by atoms with Gasteiger partial charge in [-0.1, -0.05) is 71.8 Å². The van der Waals surface area contributed by atoms with Gasteiger partial charge in [-0.3, -0.25) is 4.79 Å². The summed E-state index contributed by atoms with van der Waals surface area (Å²) in [6.45, 7) is 5.08. The van der Waals surface area contributed by atoms with Crippen LogP contribution in [-0.2, 0) is 12.7 Å². The van der Waals surface area contributed by atoms with E-state index in [1.165, 1.54) is 10.5 Å². The van der Waals surface area contributed by atoms with Crippen LogP contribution in [0, 0.1) is 6.92 Å². The van der Waals surface area contributed by atoms with Crippen LogP contribution in [0.1, 0.15) is 27.3 Å². The van der Waals surface area contributed by atoms with E-state index in [-0.39, 0.29) is 22.1 Å². The van der Waals surface area contributed by atoms with Gasteiger partial charge in [0, 0.05) is 11.1 Å². The van der Waals surface area contributed by atoms with Gasteiger partial charge >= 0.3 is 6.18 Å². The zero-order valence-corrected chi connectivity index (χ0v) is 20.3. The van der Waals surface area contributed by atoms with Crippen LogP contribution < -0.4 is 4.90 Å². The first-order valence-corrected chi connectivity index (χ1v) is 12.0. The summed E-state index contributed by atoms with van der Waals surface area (Å²) in [6, 6.07) is 18.0. The van der Waals surface area contributed by atoms with Crippen molar-refractivity contribution in [1.29, 1.82) is 0 Å². The predicted molar refractivity (Wildman–Crippen MR) is 130 cm³/mol. The highest BCUT2D eigenvalue weighted by molar-refractivity contribution is 6.36. The third-order valence-electron chi connectivity index (χ3n) is 6.43. The number of piperazine rings is 1. The fourth-order valence-corrected chi connectivity index (χ4v) is 4.68. The van der Waals surface area contributed by atoms with Crippen LogP contribution in [-0.4, -0.2) is 51.6 Å². The van der Waals surface area contributed by atoms with Gasteiger partial charge in [-0.15, -0.1) is 0 Å². The second kappa shape index (κ2) is 9.55. The lowest BCUT2D eigenvalue weighted by Gasteiger charge is -2.31. The van der Waals surface area contributed by atoms with Gasteiger partial charge < -0.3 is 9.80 Å². The van der Waals surface area contributed by atoms with Crippen LogP contribution in [0.2, 0.25) is 5.02 Å². The summed E-state index contributed by atoms with van der Waals surface area (Å²) in [4.78, 5) is 20.5. The van der Waals surface area contributed by atoms with Gasteiger partial charge in [0.1, 0.15) is 11.6 Å². The minimum atomic E-state index is -4.72. The molecule has 5 rings (SSSR count). The number of halogens is 4. The molecule has 1 amide bonds. The van der Waals surface area contributed by atoms with Crippen LogP contribution in [0.15, 0.2) is 60.7 Å². The van der Waals surface area contributed by atoms with Crippen LogP contribution in [0.5, 0.6) is 0 Å². The van der Waals surface area contributed by atoms with Crippen LogP contribution in [0.25, 0.3) is 16.9 Å². The minimum absolute atomic E-state index is 0.105. The number of quaternary nitrogens is 1. The first kappa shape index (κ1) is 24.3. The maximum atomic E-state index is 14.0. The van der Waals surface area contributed by atoms with Crippen molar-refractivity contribution >= 4 is 23.2 Å². The molecule has 0 atom stereocenters. The highest BCUT2D eigenvalue weighted by atomic mass is 35.5. The molecule has 1 saturated heterocycles. The van der Waals surface area contributed by atoms with Crippen molar-refractivity contribution in [2.75, 3.05) is 26.2 Å². The summed E-state index contributed by atoms with van der Waals surface area (Å²) in [7, 11) is 0. The highest BCUT2D eigenvalue weighted by Crippen LogP contribution is 2.34. The van der Waals surface area contributed by atoms with E-state index in [2.05, 4.69) is 22.2 Å². The number of nitrogens with zero attached hydrogens (tertiary/aromatic N) is 4. The van der Waals surface area contributed by atoms with Crippen LogP contribution in [0.4, 0.5) is 13.2 Å². The molecule has 2 aromatic carbocycles. The van der Waals surface area contributed by atoms with Crippen molar-refractivity contribution in [2.24, 2.45) is 0 Å². The molecule has 1 aliphatic rings. The van der Waals surface area contributed by atoms with Gasteiger partial charge in [-0.05, 0) is 13.0 Å². The number of amides is 1. The molecule has 186 valence electrons. The molecule has 0 aliphatic carbocycles. The second-order valence-electron chi connectivity index (χ2n) is 8.99. The van der Waals surface area contributed by atoms with Crippen LogP contribution in [0.3, 0.4) is 0 Å². The molecular formula is C26H24ClF3N5O+. The van der Waals surface area contributed by atoms with Gasteiger partial charge in [0.2, 0.25) is 0 Å². The van der Waals surface area contributed by atoms with Crippen molar-refractivity contribution in [3.8, 4) is 11.3 Å². The Morgan fingerprint density at radius 3 is 2.36 bits per heavy atom. The number of aryl methyl sites for hydroxylation is 1. The Hall–Kier alpha value is -3.43. The fourth-order valence-electron chi connectivity index (χ4n) is 4.44. The normalized spacial score (nSPS) is 15.0. The number of benzene rings is 2. The summed E-state index contributed by atoms with van der Waals surface area (Å²) in [5, 5.41) is 3.81. The number of alkyl halides is 3. The van der Waals surface area contributed by atoms with E-state index in [1.54, 1.807) is 29.2 Å². The van der Waals surface area contributed by atoms with Gasteiger partial charge in [0.25, 0.3) is 5.91 Å². The molecule has 0 radical (unpaired) electrons.